The predicted octanol–water partition coefficient (Wildman–Crippen LogP) is 11.5. The van der Waals surface area contributed by atoms with Crippen molar-refractivity contribution in [3.8, 4) is 0 Å². The van der Waals surface area contributed by atoms with Gasteiger partial charge in [0.15, 0.2) is 0 Å². The lowest BCUT2D eigenvalue weighted by atomic mass is 9.96. The van der Waals surface area contributed by atoms with Crippen LogP contribution in [0.25, 0.3) is 11.1 Å². The van der Waals surface area contributed by atoms with Gasteiger partial charge in [0.1, 0.15) is 12.1 Å². The number of carboxylic acids is 1. The van der Waals surface area contributed by atoms with Crippen molar-refractivity contribution in [2.75, 3.05) is 43.1 Å². The second-order valence-corrected chi connectivity index (χ2v) is 18.1. The summed E-state index contributed by atoms with van der Waals surface area (Å²) in [5.74, 6) is -2.81. The number of nitrogens with zero attached hydrogens (tertiary/aromatic N) is 2. The van der Waals surface area contributed by atoms with Crippen molar-refractivity contribution in [3.05, 3.63) is 211 Å². The molecule has 10 nitrogen and oxygen atoms in total. The maximum Gasteiger partial charge on any atom is 0.328 e. The summed E-state index contributed by atoms with van der Waals surface area (Å²) in [6, 6.07) is 44.1. The summed E-state index contributed by atoms with van der Waals surface area (Å²) in [5.41, 5.74) is 9.21. The minimum atomic E-state index is -1.13. The number of anilines is 2. The average molecular weight is 1000 g/mol. The van der Waals surface area contributed by atoms with Crippen LogP contribution < -0.4 is 20.4 Å². The van der Waals surface area contributed by atoms with Crippen LogP contribution in [0, 0.1) is 0 Å². The standard InChI is InChI=1S/C28H26Cl2N2O3.C27H24Cl2N2O3/c1-35-28(34)25(31-27(33)26-23(29)8-5-9-24(26)30)18-19-10-12-20(13-11-19)21-14-16-32(17-15-21)22-6-3-2-4-7-22;28-22-7-4-8-23(29)25(22)26(32)30-24(27(33)34)17-18-9-11-19(12-10-18)20-13-15-31(16-14-20)21-5-2-1-3-6-21/h2-14,25H,15-18H2,1H3,(H,31,33);1-13,24H,14-17H2,(H,30,32)(H,33,34)/t25-;24-/m00/s1. The van der Waals surface area contributed by atoms with Crippen LogP contribution in [0.5, 0.6) is 0 Å². The van der Waals surface area contributed by atoms with Gasteiger partial charge in [-0.05, 0) is 94.8 Å². The fourth-order valence-corrected chi connectivity index (χ4v) is 9.35. The first-order valence-corrected chi connectivity index (χ1v) is 23.9. The molecule has 69 heavy (non-hydrogen) atoms. The maximum atomic E-state index is 12.8. The molecule has 14 heteroatoms. The predicted molar refractivity (Wildman–Crippen MR) is 278 cm³/mol. The number of rotatable bonds is 14. The third-order valence-corrected chi connectivity index (χ3v) is 13.2. The van der Waals surface area contributed by atoms with Gasteiger partial charge in [0, 0.05) is 50.4 Å². The number of esters is 1. The van der Waals surface area contributed by atoms with Gasteiger partial charge in [-0.3, -0.25) is 9.59 Å². The molecular weight excluding hydrogens is 954 g/mol. The van der Waals surface area contributed by atoms with E-state index in [2.05, 4.69) is 81.1 Å². The Hall–Kier alpha value is -6.56. The number of benzene rings is 6. The van der Waals surface area contributed by atoms with Gasteiger partial charge in [0.2, 0.25) is 0 Å². The van der Waals surface area contributed by atoms with E-state index in [1.807, 2.05) is 60.7 Å². The fraction of sp³-hybridized carbons (Fsp3) is 0.200. The number of hydrogen-bond acceptors (Lipinski definition) is 7. The van der Waals surface area contributed by atoms with Gasteiger partial charge in [-0.15, -0.1) is 0 Å². The number of ether oxygens (including phenoxy) is 1. The number of nitrogens with one attached hydrogen (secondary N) is 2. The summed E-state index contributed by atoms with van der Waals surface area (Å²) >= 11 is 24.5. The number of hydrogen-bond donors (Lipinski definition) is 3. The molecule has 0 saturated carbocycles. The molecule has 0 bridgehead atoms. The molecule has 2 heterocycles. The van der Waals surface area contributed by atoms with Crippen molar-refractivity contribution in [1.29, 1.82) is 0 Å². The van der Waals surface area contributed by atoms with Crippen molar-refractivity contribution in [2.24, 2.45) is 0 Å². The highest BCUT2D eigenvalue weighted by Crippen LogP contribution is 2.29. The summed E-state index contributed by atoms with van der Waals surface area (Å²) in [5, 5.41) is 15.7. The van der Waals surface area contributed by atoms with Crippen LogP contribution in [0.4, 0.5) is 11.4 Å². The molecule has 6 aromatic carbocycles. The van der Waals surface area contributed by atoms with E-state index >= 15 is 0 Å². The quantitative estimate of drug-likeness (QED) is 0.0921. The Kier molecular flexibility index (Phi) is 17.6. The summed E-state index contributed by atoms with van der Waals surface area (Å²) in [6.45, 7) is 3.61. The minimum absolute atomic E-state index is 0.0706. The molecule has 6 aromatic rings. The molecule has 0 aliphatic carbocycles. The topological polar surface area (TPSA) is 128 Å². The van der Waals surface area contributed by atoms with Crippen molar-refractivity contribution in [2.45, 2.75) is 37.8 Å². The molecule has 0 saturated heterocycles. The number of carboxylic acid groups (broad SMARTS) is 1. The fourth-order valence-electron chi connectivity index (χ4n) is 8.22. The second-order valence-electron chi connectivity index (χ2n) is 16.4. The van der Waals surface area contributed by atoms with E-state index in [1.165, 1.54) is 41.8 Å². The Morgan fingerprint density at radius 1 is 0.536 bits per heavy atom. The lowest BCUT2D eigenvalue weighted by Crippen LogP contribution is -2.43. The molecule has 0 spiro atoms. The van der Waals surface area contributed by atoms with Crippen LogP contribution in [-0.4, -0.2) is 74.2 Å². The molecule has 2 aliphatic heterocycles. The van der Waals surface area contributed by atoms with E-state index in [1.54, 1.807) is 24.3 Å². The first-order chi connectivity index (χ1) is 33.4. The number of halogens is 4. The number of aliphatic carboxylic acids is 1. The van der Waals surface area contributed by atoms with E-state index in [9.17, 15) is 24.3 Å². The van der Waals surface area contributed by atoms with Crippen LogP contribution in [0.2, 0.25) is 20.1 Å². The van der Waals surface area contributed by atoms with Gasteiger partial charge >= 0.3 is 11.9 Å². The Labute approximate surface area is 422 Å². The number of para-hydroxylation sites is 2. The third-order valence-electron chi connectivity index (χ3n) is 12.0. The Bertz CT molecular complexity index is 2780. The largest absolute Gasteiger partial charge is 0.480 e. The average Bonchev–Trinajstić information content (AvgIpc) is 3.37. The smallest absolute Gasteiger partial charge is 0.328 e. The summed E-state index contributed by atoms with van der Waals surface area (Å²) in [4.78, 5) is 54.3. The van der Waals surface area contributed by atoms with Crippen LogP contribution >= 0.6 is 46.4 Å². The first-order valence-electron chi connectivity index (χ1n) is 22.4. The van der Waals surface area contributed by atoms with Gasteiger partial charge in [-0.1, -0.05) is 156 Å². The van der Waals surface area contributed by atoms with Crippen molar-refractivity contribution in [3.63, 3.8) is 0 Å². The van der Waals surface area contributed by atoms with Crippen LogP contribution in [0.1, 0.15) is 55.8 Å². The molecule has 3 N–H and O–H groups in total. The van der Waals surface area contributed by atoms with Gasteiger partial charge in [0.25, 0.3) is 11.8 Å². The SMILES string of the molecule is COC(=O)[C@H](Cc1ccc(C2=CCN(c3ccccc3)CC2)cc1)NC(=O)c1c(Cl)cccc1Cl.O=C(N[C@@H](Cc1ccc(C2=CCN(c3ccccc3)CC2)cc1)C(=O)O)c1c(Cl)cccc1Cl. The lowest BCUT2D eigenvalue weighted by Gasteiger charge is -2.28. The van der Waals surface area contributed by atoms with Crippen LogP contribution in [0.15, 0.2) is 158 Å². The van der Waals surface area contributed by atoms with E-state index < -0.39 is 35.8 Å². The monoisotopic (exact) mass is 1000 g/mol. The number of amides is 2. The molecule has 8 rings (SSSR count). The number of methoxy groups -OCH3 is 1. The van der Waals surface area contributed by atoms with E-state index in [0.717, 1.165) is 61.3 Å². The highest BCUT2D eigenvalue weighted by molar-refractivity contribution is 6.40. The van der Waals surface area contributed by atoms with E-state index in [4.69, 9.17) is 51.1 Å². The third kappa shape index (κ3) is 13.4. The number of carbonyl (C=O) groups is 4. The molecule has 0 unspecified atom stereocenters. The zero-order valence-electron chi connectivity index (χ0n) is 37.7. The zero-order valence-corrected chi connectivity index (χ0v) is 40.7. The van der Waals surface area contributed by atoms with Gasteiger partial charge in [-0.25, -0.2) is 9.59 Å². The zero-order chi connectivity index (χ0) is 48.9. The lowest BCUT2D eigenvalue weighted by molar-refractivity contribution is -0.143. The Morgan fingerprint density at radius 2 is 0.913 bits per heavy atom. The molecule has 2 atom stereocenters. The van der Waals surface area contributed by atoms with Gasteiger partial charge < -0.3 is 30.3 Å². The minimum Gasteiger partial charge on any atom is -0.480 e. The Morgan fingerprint density at radius 3 is 1.26 bits per heavy atom. The second kappa shape index (κ2) is 24.1. The van der Waals surface area contributed by atoms with Crippen LogP contribution in [-0.2, 0) is 27.2 Å². The van der Waals surface area contributed by atoms with Gasteiger partial charge in [-0.2, -0.15) is 0 Å². The van der Waals surface area contributed by atoms with Crippen molar-refractivity contribution >= 4 is 92.7 Å². The molecular formula is C55H50Cl4N4O6. The summed E-state index contributed by atoms with van der Waals surface area (Å²) in [7, 11) is 1.29. The maximum absolute atomic E-state index is 12.8. The van der Waals surface area contributed by atoms with Crippen LogP contribution in [0.3, 0.4) is 0 Å². The molecule has 2 amide bonds. The molecule has 0 fully saturated rings. The molecule has 0 radical (unpaired) electrons. The molecule has 2 aliphatic rings. The Balaban J connectivity index is 0.000000204. The normalized spacial score (nSPS) is 14.2. The van der Waals surface area contributed by atoms with Crippen molar-refractivity contribution < 1.29 is 29.0 Å². The highest BCUT2D eigenvalue weighted by Gasteiger charge is 2.26. The first kappa shape index (κ1) is 50.3. The van der Waals surface area contributed by atoms with E-state index in [-0.39, 0.29) is 44.1 Å². The number of carbonyl (C=O) groups excluding carboxylic acids is 3. The molecule has 0 aromatic heterocycles. The summed E-state index contributed by atoms with van der Waals surface area (Å²) in [6.07, 6.45) is 6.80. The summed E-state index contributed by atoms with van der Waals surface area (Å²) < 4.78 is 4.91. The van der Waals surface area contributed by atoms with Gasteiger partial charge in [0.05, 0.1) is 38.3 Å². The van der Waals surface area contributed by atoms with E-state index in [0.29, 0.717) is 0 Å². The molecule has 354 valence electrons. The van der Waals surface area contributed by atoms with Crippen molar-refractivity contribution in [1.82, 2.24) is 10.6 Å². The highest BCUT2D eigenvalue weighted by atomic mass is 35.5.